The first-order chi connectivity index (χ1) is 11.7. The van der Waals surface area contributed by atoms with Gasteiger partial charge in [0, 0.05) is 24.4 Å². The first kappa shape index (κ1) is 17.0. The molecular weight excluding hydrogens is 304 g/mol. The van der Waals surface area contributed by atoms with Gasteiger partial charge in [-0.15, -0.1) is 0 Å². The molecule has 0 unspecified atom stereocenters. The summed E-state index contributed by atoms with van der Waals surface area (Å²) in [5.74, 6) is 0.699. The van der Waals surface area contributed by atoms with Gasteiger partial charge in [-0.25, -0.2) is 0 Å². The smallest absolute Gasteiger partial charge is 0.253 e. The molecule has 2 N–H and O–H groups in total. The number of amides is 2. The van der Waals surface area contributed by atoms with E-state index in [1.54, 1.807) is 12.1 Å². The second kappa shape index (κ2) is 8.29. The Labute approximate surface area is 143 Å². The number of hydrogen-bond acceptors (Lipinski definition) is 3. The van der Waals surface area contributed by atoms with Gasteiger partial charge in [-0.05, 0) is 49.4 Å². The van der Waals surface area contributed by atoms with Gasteiger partial charge in [-0.3, -0.25) is 9.59 Å². The van der Waals surface area contributed by atoms with E-state index in [0.29, 0.717) is 13.0 Å². The molecule has 130 valence electrons. The van der Waals surface area contributed by atoms with Crippen molar-refractivity contribution in [1.29, 1.82) is 0 Å². The Morgan fingerprint density at radius 1 is 0.958 bits per heavy atom. The molecule has 3 rings (SSSR count). The number of nitrogens with one attached hydrogen (secondary N) is 2. The van der Waals surface area contributed by atoms with Crippen molar-refractivity contribution in [2.75, 3.05) is 17.2 Å². The summed E-state index contributed by atoms with van der Waals surface area (Å²) >= 11 is 0. The van der Waals surface area contributed by atoms with Crippen LogP contribution in [0.5, 0.6) is 0 Å². The van der Waals surface area contributed by atoms with E-state index in [-0.39, 0.29) is 17.9 Å². The summed E-state index contributed by atoms with van der Waals surface area (Å²) in [5.41, 5.74) is 1.49. The molecule has 0 aromatic heterocycles. The van der Waals surface area contributed by atoms with Gasteiger partial charge >= 0.3 is 0 Å². The maximum atomic E-state index is 12.0. The minimum Gasteiger partial charge on any atom is -0.368 e. The highest BCUT2D eigenvalue weighted by molar-refractivity contribution is 5.95. The average molecular weight is 330 g/mol. The first-order valence-corrected chi connectivity index (χ1v) is 9.03. The number of hydrogen-bond donors (Lipinski definition) is 2. The molecule has 1 saturated heterocycles. The van der Waals surface area contributed by atoms with Crippen LogP contribution in [0.15, 0.2) is 24.3 Å². The van der Waals surface area contributed by atoms with E-state index < -0.39 is 0 Å². The maximum Gasteiger partial charge on any atom is 0.253 e. The summed E-state index contributed by atoms with van der Waals surface area (Å²) in [4.78, 5) is 24.0. The Morgan fingerprint density at radius 2 is 1.62 bits per heavy atom. The molecule has 0 radical (unpaired) electrons. The van der Waals surface area contributed by atoms with Crippen molar-refractivity contribution < 1.29 is 14.3 Å². The van der Waals surface area contributed by atoms with Crippen LogP contribution in [0.1, 0.15) is 51.4 Å². The van der Waals surface area contributed by atoms with Crippen molar-refractivity contribution in [2.45, 2.75) is 57.5 Å². The number of ether oxygens (including phenoxy) is 1. The summed E-state index contributed by atoms with van der Waals surface area (Å²) in [7, 11) is 0. The minimum absolute atomic E-state index is 0.0676. The summed E-state index contributed by atoms with van der Waals surface area (Å²) in [6, 6.07) is 7.25. The Hall–Kier alpha value is -1.88. The zero-order valence-electron chi connectivity index (χ0n) is 14.1. The van der Waals surface area contributed by atoms with Crippen LogP contribution in [0, 0.1) is 5.92 Å². The number of carbonyl (C=O) groups is 2. The predicted molar refractivity (Wildman–Crippen MR) is 93.9 cm³/mol. The van der Waals surface area contributed by atoms with Gasteiger partial charge in [0.2, 0.25) is 5.91 Å². The second-order valence-corrected chi connectivity index (χ2v) is 6.81. The fourth-order valence-electron chi connectivity index (χ4n) is 3.50. The van der Waals surface area contributed by atoms with Gasteiger partial charge in [0.15, 0.2) is 0 Å². The fourth-order valence-corrected chi connectivity index (χ4v) is 3.50. The topological polar surface area (TPSA) is 67.4 Å². The Balaban J connectivity index is 1.43. The molecule has 5 heteroatoms. The van der Waals surface area contributed by atoms with E-state index in [1.165, 1.54) is 25.7 Å². The van der Waals surface area contributed by atoms with Crippen LogP contribution in [0.2, 0.25) is 0 Å². The van der Waals surface area contributed by atoms with E-state index in [4.69, 9.17) is 4.74 Å². The number of benzene rings is 1. The van der Waals surface area contributed by atoms with Gasteiger partial charge in [0.25, 0.3) is 5.91 Å². The molecule has 2 amide bonds. The van der Waals surface area contributed by atoms with E-state index in [2.05, 4.69) is 10.6 Å². The van der Waals surface area contributed by atoms with Crippen molar-refractivity contribution in [3.63, 3.8) is 0 Å². The molecule has 2 aliphatic rings. The lowest BCUT2D eigenvalue weighted by Gasteiger charge is -2.12. The van der Waals surface area contributed by atoms with Crippen LogP contribution in [0.25, 0.3) is 0 Å². The van der Waals surface area contributed by atoms with Gasteiger partial charge < -0.3 is 15.4 Å². The first-order valence-electron chi connectivity index (χ1n) is 9.03. The third-order valence-corrected chi connectivity index (χ3v) is 4.91. The van der Waals surface area contributed by atoms with Gasteiger partial charge in [-0.2, -0.15) is 0 Å². The summed E-state index contributed by atoms with van der Waals surface area (Å²) in [6.07, 6.45) is 8.11. The number of anilines is 2. The van der Waals surface area contributed by atoms with Gasteiger partial charge in [0.1, 0.15) is 6.10 Å². The van der Waals surface area contributed by atoms with Gasteiger partial charge in [-0.1, -0.05) is 25.7 Å². The highest BCUT2D eigenvalue weighted by Crippen LogP contribution is 2.28. The van der Waals surface area contributed by atoms with E-state index in [9.17, 15) is 9.59 Å². The Bertz CT molecular complexity index is 558. The predicted octanol–water partition coefficient (Wildman–Crippen LogP) is 3.71. The van der Waals surface area contributed by atoms with E-state index >= 15 is 0 Å². The quantitative estimate of drug-likeness (QED) is 0.835. The molecule has 1 atom stereocenters. The zero-order valence-corrected chi connectivity index (χ0v) is 14.1. The van der Waals surface area contributed by atoms with Crippen LogP contribution in [-0.4, -0.2) is 24.5 Å². The molecule has 1 heterocycles. The van der Waals surface area contributed by atoms with Crippen molar-refractivity contribution in [3.8, 4) is 0 Å². The lowest BCUT2D eigenvalue weighted by molar-refractivity contribution is -0.124. The van der Waals surface area contributed by atoms with Crippen molar-refractivity contribution in [2.24, 2.45) is 5.92 Å². The van der Waals surface area contributed by atoms with Crippen LogP contribution >= 0.6 is 0 Å². The van der Waals surface area contributed by atoms with Crippen LogP contribution < -0.4 is 10.6 Å². The zero-order chi connectivity index (χ0) is 16.8. The lowest BCUT2D eigenvalue weighted by atomic mass is 10.0. The monoisotopic (exact) mass is 330 g/mol. The highest BCUT2D eigenvalue weighted by Gasteiger charge is 2.23. The lowest BCUT2D eigenvalue weighted by Crippen LogP contribution is -2.26. The van der Waals surface area contributed by atoms with Gasteiger partial charge in [0.05, 0.1) is 0 Å². The SMILES string of the molecule is O=C(CCC1CCCC1)Nc1ccc(NC(=O)[C@H]2CCCO2)cc1. The summed E-state index contributed by atoms with van der Waals surface area (Å²) in [5, 5.41) is 5.78. The molecule has 5 nitrogen and oxygen atoms in total. The molecule has 24 heavy (non-hydrogen) atoms. The molecular formula is C19H26N2O3. The Morgan fingerprint density at radius 3 is 2.25 bits per heavy atom. The molecule has 1 aromatic rings. The molecule has 2 fully saturated rings. The van der Waals surface area contributed by atoms with Crippen molar-refractivity contribution in [3.05, 3.63) is 24.3 Å². The van der Waals surface area contributed by atoms with E-state index in [1.807, 2.05) is 12.1 Å². The largest absolute Gasteiger partial charge is 0.368 e. The van der Waals surface area contributed by atoms with Crippen molar-refractivity contribution >= 4 is 23.2 Å². The van der Waals surface area contributed by atoms with Crippen LogP contribution in [0.4, 0.5) is 11.4 Å². The molecule has 1 saturated carbocycles. The third kappa shape index (κ3) is 4.81. The highest BCUT2D eigenvalue weighted by atomic mass is 16.5. The molecule has 0 bridgehead atoms. The van der Waals surface area contributed by atoms with E-state index in [0.717, 1.165) is 36.6 Å². The average Bonchev–Trinajstić information content (AvgIpc) is 3.28. The fraction of sp³-hybridized carbons (Fsp3) is 0.579. The standard InChI is InChI=1S/C19H26N2O3/c22-18(12-7-14-4-1-2-5-14)20-15-8-10-16(11-9-15)21-19(23)17-6-3-13-24-17/h8-11,14,17H,1-7,12-13H2,(H,20,22)(H,21,23)/t17-/m1/s1. The second-order valence-electron chi connectivity index (χ2n) is 6.81. The number of carbonyl (C=O) groups excluding carboxylic acids is 2. The Kier molecular flexibility index (Phi) is 5.86. The molecule has 1 aliphatic carbocycles. The minimum atomic E-state index is -0.333. The van der Waals surface area contributed by atoms with Crippen LogP contribution in [-0.2, 0) is 14.3 Å². The maximum absolute atomic E-state index is 12.0. The number of rotatable bonds is 6. The normalized spacial score (nSPS) is 20.9. The van der Waals surface area contributed by atoms with Crippen molar-refractivity contribution in [1.82, 2.24) is 0 Å². The summed E-state index contributed by atoms with van der Waals surface area (Å²) in [6.45, 7) is 0.657. The third-order valence-electron chi connectivity index (χ3n) is 4.91. The summed E-state index contributed by atoms with van der Waals surface area (Å²) < 4.78 is 5.36. The molecule has 1 aromatic carbocycles. The molecule has 0 spiro atoms. The molecule has 1 aliphatic heterocycles. The van der Waals surface area contributed by atoms with Crippen LogP contribution in [0.3, 0.4) is 0 Å².